The molecule has 1 aliphatic rings. The van der Waals surface area contributed by atoms with Crippen LogP contribution in [0.3, 0.4) is 0 Å². The fraction of sp³-hybridized carbons (Fsp3) is 0.368. The number of aliphatic hydroxyl groups is 2. The summed E-state index contributed by atoms with van der Waals surface area (Å²) in [5.41, 5.74) is -3.25. The van der Waals surface area contributed by atoms with E-state index in [4.69, 9.17) is 10.00 Å². The lowest BCUT2D eigenvalue weighted by atomic mass is 9.94. The van der Waals surface area contributed by atoms with E-state index in [9.17, 15) is 32.0 Å². The maximum absolute atomic E-state index is 13.9. The number of benzene rings is 1. The molecule has 3 rings (SSSR count). The molecule has 31 heavy (non-hydrogen) atoms. The molecule has 1 aromatic carbocycles. The van der Waals surface area contributed by atoms with Crippen molar-refractivity contribution in [3.63, 3.8) is 0 Å². The molecule has 12 heteroatoms. The smallest absolute Gasteiger partial charge is 0.433 e. The number of nitrogens with zero attached hydrogens (tertiary/aromatic N) is 3. The molecule has 1 fully saturated rings. The first kappa shape index (κ1) is 23.1. The molecule has 0 aliphatic carbocycles. The largest absolute Gasteiger partial charge is 0.486 e. The predicted molar refractivity (Wildman–Crippen MR) is 99.4 cm³/mol. The molecule has 0 amide bonds. The van der Waals surface area contributed by atoms with Gasteiger partial charge in [-0.3, -0.25) is 4.98 Å². The minimum absolute atomic E-state index is 0.0237. The van der Waals surface area contributed by atoms with Gasteiger partial charge in [-0.1, -0.05) is 0 Å². The minimum Gasteiger partial charge on any atom is -0.486 e. The molecule has 0 spiro atoms. The van der Waals surface area contributed by atoms with Crippen molar-refractivity contribution in [2.24, 2.45) is 0 Å². The van der Waals surface area contributed by atoms with E-state index in [1.54, 1.807) is 6.07 Å². The van der Waals surface area contributed by atoms with Crippen molar-refractivity contribution in [2.45, 2.75) is 35.8 Å². The summed E-state index contributed by atoms with van der Waals surface area (Å²) in [6.45, 7) is 0.778. The summed E-state index contributed by atoms with van der Waals surface area (Å²) in [4.78, 5) is 3.23. The zero-order valence-electron chi connectivity index (χ0n) is 16.0. The van der Waals surface area contributed by atoms with E-state index in [-0.39, 0.29) is 29.3 Å². The van der Waals surface area contributed by atoms with Gasteiger partial charge in [0.05, 0.1) is 23.1 Å². The Morgan fingerprint density at radius 2 is 2.10 bits per heavy atom. The maximum Gasteiger partial charge on any atom is 0.433 e. The van der Waals surface area contributed by atoms with E-state index in [1.165, 1.54) is 23.4 Å². The number of aromatic nitrogens is 1. The minimum atomic E-state index is -4.64. The molecule has 0 bridgehead atoms. The molecular formula is C19H17F4N3O4S. The molecule has 0 saturated carbocycles. The highest BCUT2D eigenvalue weighted by atomic mass is 32.2. The van der Waals surface area contributed by atoms with Crippen LogP contribution in [-0.4, -0.2) is 54.6 Å². The summed E-state index contributed by atoms with van der Waals surface area (Å²) in [6.07, 6.45) is -6.31. The van der Waals surface area contributed by atoms with Gasteiger partial charge in [-0.2, -0.15) is 18.4 Å². The van der Waals surface area contributed by atoms with Gasteiger partial charge in [-0.15, -0.1) is 0 Å². The number of ether oxygens (including phenoxy) is 1. The molecule has 2 heterocycles. The van der Waals surface area contributed by atoms with E-state index in [2.05, 4.69) is 4.98 Å². The first-order valence-electron chi connectivity index (χ1n) is 8.92. The summed E-state index contributed by atoms with van der Waals surface area (Å²) in [6, 6.07) is 6.80. The third kappa shape index (κ3) is 4.69. The first-order chi connectivity index (χ1) is 14.5. The summed E-state index contributed by atoms with van der Waals surface area (Å²) in [5.74, 6) is -0.862. The Labute approximate surface area is 177 Å². The lowest BCUT2D eigenvalue weighted by Gasteiger charge is -2.31. The van der Waals surface area contributed by atoms with Gasteiger partial charge in [0, 0.05) is 18.8 Å². The van der Waals surface area contributed by atoms with Gasteiger partial charge in [-0.25, -0.2) is 12.9 Å². The van der Waals surface area contributed by atoms with Crippen LogP contribution < -0.4 is 4.74 Å². The molecule has 1 aromatic heterocycles. The number of pyridine rings is 1. The van der Waals surface area contributed by atoms with Crippen molar-refractivity contribution in [3.05, 3.63) is 53.6 Å². The number of hydrogen-bond acceptors (Lipinski definition) is 6. The third-order valence-corrected chi connectivity index (χ3v) is 6.27. The van der Waals surface area contributed by atoms with Gasteiger partial charge in [0.15, 0.2) is 0 Å². The van der Waals surface area contributed by atoms with Crippen LogP contribution in [0.2, 0.25) is 0 Å². The maximum atomic E-state index is 13.9. The standard InChI is InChI=1S/C19H17F4N3O4S/c1-11(27)18(28)10-26(31(29)14-4-5-16(25-8-14)19(21,22)23)9-17(18)30-13-3-2-12(7-24)15(20)6-13/h2-6,8,11,17,27-28H,9-10H2,1H3/t11-,17+,18?,31?/m1/s1. The Balaban J connectivity index is 1.82. The fourth-order valence-electron chi connectivity index (χ4n) is 3.08. The molecule has 2 unspecified atom stereocenters. The van der Waals surface area contributed by atoms with E-state index in [0.717, 1.165) is 18.3 Å². The van der Waals surface area contributed by atoms with E-state index in [0.29, 0.717) is 6.07 Å². The van der Waals surface area contributed by atoms with Crippen molar-refractivity contribution in [1.82, 2.24) is 9.29 Å². The number of halogens is 4. The van der Waals surface area contributed by atoms with Crippen LogP contribution in [0.5, 0.6) is 5.75 Å². The molecule has 2 N–H and O–H groups in total. The number of nitriles is 1. The summed E-state index contributed by atoms with van der Waals surface area (Å²) in [7, 11) is -2.01. The van der Waals surface area contributed by atoms with Gasteiger partial charge < -0.3 is 14.9 Å². The summed E-state index contributed by atoms with van der Waals surface area (Å²) in [5, 5.41) is 29.8. The van der Waals surface area contributed by atoms with Gasteiger partial charge in [0.25, 0.3) is 0 Å². The summed E-state index contributed by atoms with van der Waals surface area (Å²) < 4.78 is 71.5. The molecule has 2 aromatic rings. The Kier molecular flexibility index (Phi) is 6.33. The van der Waals surface area contributed by atoms with Crippen LogP contribution in [0.4, 0.5) is 17.6 Å². The third-order valence-electron chi connectivity index (χ3n) is 4.88. The number of alkyl halides is 3. The second-order valence-electron chi connectivity index (χ2n) is 6.98. The van der Waals surface area contributed by atoms with Crippen molar-refractivity contribution in [2.75, 3.05) is 13.1 Å². The van der Waals surface area contributed by atoms with Crippen LogP contribution in [-0.2, 0) is 17.2 Å². The van der Waals surface area contributed by atoms with Crippen molar-refractivity contribution in [3.8, 4) is 11.8 Å². The average molecular weight is 459 g/mol. The average Bonchev–Trinajstić information content (AvgIpc) is 3.05. The summed E-state index contributed by atoms with van der Waals surface area (Å²) >= 11 is 0. The number of rotatable bonds is 5. The van der Waals surface area contributed by atoms with Gasteiger partial charge in [0.1, 0.15) is 46.0 Å². The topological polar surface area (TPSA) is 107 Å². The molecular weight excluding hydrogens is 442 g/mol. The Morgan fingerprint density at radius 1 is 1.39 bits per heavy atom. The number of hydrogen-bond donors (Lipinski definition) is 2. The van der Waals surface area contributed by atoms with Crippen LogP contribution in [0.1, 0.15) is 18.2 Å². The highest BCUT2D eigenvalue weighted by molar-refractivity contribution is 7.82. The van der Waals surface area contributed by atoms with E-state index in [1.807, 2.05) is 0 Å². The second-order valence-corrected chi connectivity index (χ2v) is 8.46. The SMILES string of the molecule is C[C@@H](O)C1(O)CN(S(=O)c2ccc(C(F)(F)F)nc2)C[C@@H]1Oc1ccc(C#N)c(F)c1. The molecule has 0 radical (unpaired) electrons. The Hall–Kier alpha value is -2.59. The first-order valence-corrected chi connectivity index (χ1v) is 10.0. The molecule has 1 aliphatic heterocycles. The molecule has 1 saturated heterocycles. The van der Waals surface area contributed by atoms with Crippen molar-refractivity contribution < 1.29 is 36.7 Å². The number of aliphatic hydroxyl groups excluding tert-OH is 1. The van der Waals surface area contributed by atoms with Crippen molar-refractivity contribution in [1.29, 1.82) is 5.26 Å². The Morgan fingerprint density at radius 3 is 2.61 bits per heavy atom. The zero-order valence-corrected chi connectivity index (χ0v) is 16.8. The van der Waals surface area contributed by atoms with Gasteiger partial charge in [0.2, 0.25) is 0 Å². The lowest BCUT2D eigenvalue weighted by molar-refractivity contribution is -0.141. The van der Waals surface area contributed by atoms with Gasteiger partial charge >= 0.3 is 6.18 Å². The molecule has 166 valence electrons. The van der Waals surface area contributed by atoms with Crippen LogP contribution in [0.15, 0.2) is 41.4 Å². The van der Waals surface area contributed by atoms with Crippen molar-refractivity contribution >= 4 is 11.0 Å². The zero-order chi connectivity index (χ0) is 23.0. The highest BCUT2D eigenvalue weighted by Gasteiger charge is 2.52. The van der Waals surface area contributed by atoms with E-state index >= 15 is 0 Å². The highest BCUT2D eigenvalue weighted by Crippen LogP contribution is 2.33. The Bertz CT molecular complexity index is 1030. The molecule has 7 nitrogen and oxygen atoms in total. The monoisotopic (exact) mass is 459 g/mol. The quantitative estimate of drug-likeness (QED) is 0.663. The second kappa shape index (κ2) is 8.51. The molecule has 4 atom stereocenters. The lowest BCUT2D eigenvalue weighted by Crippen LogP contribution is -2.53. The number of β-amino-alcohol motifs (C(OH)–C–C–N with tert-alkyl or cyclic N) is 1. The van der Waals surface area contributed by atoms with E-state index < -0.39 is 46.5 Å². The normalized spacial score (nSPS) is 23.9. The fourth-order valence-corrected chi connectivity index (χ4v) is 4.30. The van der Waals surface area contributed by atoms with Crippen LogP contribution >= 0.6 is 0 Å². The van der Waals surface area contributed by atoms with Crippen LogP contribution in [0.25, 0.3) is 0 Å². The predicted octanol–water partition coefficient (Wildman–Crippen LogP) is 2.01. The van der Waals surface area contributed by atoms with Gasteiger partial charge in [-0.05, 0) is 31.2 Å². The van der Waals surface area contributed by atoms with Crippen LogP contribution in [0, 0.1) is 17.1 Å².